The normalized spacial score (nSPS) is 13.4. The van der Waals surface area contributed by atoms with Crippen molar-refractivity contribution in [2.75, 3.05) is 6.54 Å². The zero-order valence-corrected chi connectivity index (χ0v) is 16.6. The molecule has 0 fully saturated rings. The summed E-state index contributed by atoms with van der Waals surface area (Å²) in [5.74, 6) is -0.505. The molecule has 0 radical (unpaired) electrons. The Balaban J connectivity index is 1.91. The van der Waals surface area contributed by atoms with Gasteiger partial charge in [0.1, 0.15) is 16.8 Å². The van der Waals surface area contributed by atoms with E-state index in [1.165, 1.54) is 42.7 Å². The highest BCUT2D eigenvalue weighted by Crippen LogP contribution is 2.30. The number of hydrogen-bond acceptors (Lipinski definition) is 5. The third-order valence-electron chi connectivity index (χ3n) is 3.96. The average Bonchev–Trinajstić information content (AvgIpc) is 3.16. The molecule has 0 aliphatic heterocycles. The molecule has 1 heterocycles. The van der Waals surface area contributed by atoms with Crippen LogP contribution in [0.4, 0.5) is 4.39 Å². The summed E-state index contributed by atoms with van der Waals surface area (Å²) in [6, 6.07) is 12.7. The Hall–Kier alpha value is -2.20. The fraction of sp³-hybridized carbons (Fsp3) is 0.111. The summed E-state index contributed by atoms with van der Waals surface area (Å²) in [5, 5.41) is -0.940. The van der Waals surface area contributed by atoms with Crippen molar-refractivity contribution in [3.8, 4) is 0 Å². The molecule has 0 aliphatic carbocycles. The lowest BCUT2D eigenvalue weighted by molar-refractivity contribution is 0.486. The number of nitrogens with one attached hydrogen (secondary N) is 1. The van der Waals surface area contributed by atoms with Gasteiger partial charge in [0, 0.05) is 11.6 Å². The number of hydrogen-bond donors (Lipinski definition) is 1. The molecule has 0 bridgehead atoms. The monoisotopic (exact) mass is 443 g/mol. The molecule has 0 spiro atoms. The molecule has 1 N–H and O–H groups in total. The molecular weight excluding hydrogens is 429 g/mol. The number of rotatable bonds is 7. The van der Waals surface area contributed by atoms with Gasteiger partial charge in [0.2, 0.25) is 10.0 Å². The molecule has 3 rings (SSSR count). The van der Waals surface area contributed by atoms with E-state index in [4.69, 9.17) is 16.0 Å². The second-order valence-electron chi connectivity index (χ2n) is 5.81. The lowest BCUT2D eigenvalue weighted by atomic mass is 10.3. The summed E-state index contributed by atoms with van der Waals surface area (Å²) in [6.45, 7) is -0.474. The summed E-state index contributed by atoms with van der Waals surface area (Å²) in [5.41, 5.74) is 0. The molecule has 148 valence electrons. The fourth-order valence-electron chi connectivity index (χ4n) is 2.51. The van der Waals surface area contributed by atoms with Crippen LogP contribution in [-0.4, -0.2) is 23.4 Å². The fourth-order valence-corrected chi connectivity index (χ4v) is 5.37. The van der Waals surface area contributed by atoms with Crippen LogP contribution < -0.4 is 4.72 Å². The summed E-state index contributed by atoms with van der Waals surface area (Å²) >= 11 is 5.81. The lowest BCUT2D eigenvalue weighted by Gasteiger charge is -2.17. The first-order valence-corrected chi connectivity index (χ1v) is 11.4. The molecule has 0 unspecified atom stereocenters. The summed E-state index contributed by atoms with van der Waals surface area (Å²) in [7, 11) is -8.05. The zero-order valence-electron chi connectivity index (χ0n) is 14.2. The van der Waals surface area contributed by atoms with Crippen LogP contribution in [0, 0.1) is 5.82 Å². The SMILES string of the molecule is O=S(=O)(NC[C@H](c1ccco1)S(=O)(=O)c1ccc(Cl)cc1)c1ccc(F)cc1. The van der Waals surface area contributed by atoms with Gasteiger partial charge in [0.05, 0.1) is 16.1 Å². The Bertz CT molecular complexity index is 1140. The largest absolute Gasteiger partial charge is 0.468 e. The predicted molar refractivity (Wildman–Crippen MR) is 102 cm³/mol. The molecule has 0 amide bonds. The van der Waals surface area contributed by atoms with Crippen molar-refractivity contribution >= 4 is 31.5 Å². The molecule has 0 saturated carbocycles. The van der Waals surface area contributed by atoms with Crippen molar-refractivity contribution in [3.05, 3.63) is 83.5 Å². The summed E-state index contributed by atoms with van der Waals surface area (Å²) in [6.07, 6.45) is 1.30. The highest BCUT2D eigenvalue weighted by molar-refractivity contribution is 7.92. The molecule has 0 aliphatic rings. The number of halogens is 2. The molecule has 0 saturated heterocycles. The first kappa shape index (κ1) is 20.5. The Morgan fingerprint density at radius 1 is 0.929 bits per heavy atom. The third-order valence-corrected chi connectivity index (χ3v) is 7.73. The van der Waals surface area contributed by atoms with Crippen molar-refractivity contribution in [1.82, 2.24) is 4.72 Å². The molecule has 28 heavy (non-hydrogen) atoms. The van der Waals surface area contributed by atoms with Crippen LogP contribution in [0.5, 0.6) is 0 Å². The minimum atomic E-state index is -4.06. The van der Waals surface area contributed by atoms with Crippen molar-refractivity contribution in [2.24, 2.45) is 0 Å². The van der Waals surface area contributed by atoms with Gasteiger partial charge in [-0.25, -0.2) is 25.9 Å². The van der Waals surface area contributed by atoms with Crippen molar-refractivity contribution < 1.29 is 25.6 Å². The number of sulfonamides is 1. The van der Waals surface area contributed by atoms with Crippen molar-refractivity contribution in [1.29, 1.82) is 0 Å². The van der Waals surface area contributed by atoms with E-state index in [0.717, 1.165) is 24.3 Å². The van der Waals surface area contributed by atoms with Crippen molar-refractivity contribution in [2.45, 2.75) is 15.0 Å². The Morgan fingerprint density at radius 3 is 2.11 bits per heavy atom. The number of sulfone groups is 1. The topological polar surface area (TPSA) is 93.4 Å². The van der Waals surface area contributed by atoms with Gasteiger partial charge >= 0.3 is 0 Å². The van der Waals surface area contributed by atoms with Gasteiger partial charge < -0.3 is 4.42 Å². The van der Waals surface area contributed by atoms with Gasteiger partial charge in [-0.2, -0.15) is 0 Å². The Morgan fingerprint density at radius 2 is 1.54 bits per heavy atom. The van der Waals surface area contributed by atoms with Crippen LogP contribution in [0.15, 0.2) is 81.1 Å². The van der Waals surface area contributed by atoms with Gasteiger partial charge in [-0.15, -0.1) is 0 Å². The van der Waals surface area contributed by atoms with Crippen LogP contribution >= 0.6 is 11.6 Å². The van der Waals surface area contributed by atoms with E-state index in [1.54, 1.807) is 0 Å². The molecule has 6 nitrogen and oxygen atoms in total. The quantitative estimate of drug-likeness (QED) is 0.602. The van der Waals surface area contributed by atoms with Gasteiger partial charge in [-0.1, -0.05) is 11.6 Å². The summed E-state index contributed by atoms with van der Waals surface area (Å²) < 4.78 is 71.5. The van der Waals surface area contributed by atoms with Crippen LogP contribution in [0.1, 0.15) is 11.0 Å². The third kappa shape index (κ3) is 4.44. The first-order valence-electron chi connectivity index (χ1n) is 7.98. The van der Waals surface area contributed by atoms with Crippen LogP contribution in [0.25, 0.3) is 0 Å². The predicted octanol–water partition coefficient (Wildman–Crippen LogP) is 3.57. The van der Waals surface area contributed by atoms with Gasteiger partial charge in [-0.05, 0) is 60.7 Å². The van der Waals surface area contributed by atoms with E-state index >= 15 is 0 Å². The van der Waals surface area contributed by atoms with E-state index in [1.807, 2.05) is 0 Å². The molecule has 1 aromatic heterocycles. The lowest BCUT2D eigenvalue weighted by Crippen LogP contribution is -2.31. The minimum absolute atomic E-state index is 0.0284. The maximum absolute atomic E-state index is 13.1. The second kappa shape index (κ2) is 8.04. The maximum atomic E-state index is 13.1. The molecular formula is C18H15ClFNO5S2. The summed E-state index contributed by atoms with van der Waals surface area (Å²) in [4.78, 5) is -0.213. The minimum Gasteiger partial charge on any atom is -0.468 e. The maximum Gasteiger partial charge on any atom is 0.240 e. The van der Waals surface area contributed by atoms with Crippen LogP contribution in [0.3, 0.4) is 0 Å². The molecule has 10 heteroatoms. The first-order chi connectivity index (χ1) is 13.2. The highest BCUT2D eigenvalue weighted by Gasteiger charge is 2.33. The molecule has 2 aromatic carbocycles. The van der Waals surface area contributed by atoms with E-state index in [-0.39, 0.29) is 15.6 Å². The van der Waals surface area contributed by atoms with Crippen LogP contribution in [-0.2, 0) is 19.9 Å². The van der Waals surface area contributed by atoms with E-state index in [2.05, 4.69) is 4.72 Å². The van der Waals surface area contributed by atoms with Crippen LogP contribution in [0.2, 0.25) is 5.02 Å². The van der Waals surface area contributed by atoms with E-state index in [9.17, 15) is 21.2 Å². The zero-order chi connectivity index (χ0) is 20.4. The Kier molecular flexibility index (Phi) is 5.90. The van der Waals surface area contributed by atoms with Crippen molar-refractivity contribution in [3.63, 3.8) is 0 Å². The number of benzene rings is 2. The van der Waals surface area contributed by atoms with Gasteiger partial charge in [0.15, 0.2) is 9.84 Å². The Labute approximate surface area is 166 Å². The van der Waals surface area contributed by atoms with Gasteiger partial charge in [-0.3, -0.25) is 0 Å². The second-order valence-corrected chi connectivity index (χ2v) is 10.1. The smallest absolute Gasteiger partial charge is 0.240 e. The molecule has 3 aromatic rings. The standard InChI is InChI=1S/C18H15ClFNO5S2/c19-13-3-7-15(8-4-13)27(22,23)18(17-2-1-11-26-17)12-21-28(24,25)16-9-5-14(20)6-10-16/h1-11,18,21H,12H2/t18-/m1/s1. The molecule has 1 atom stereocenters. The van der Waals surface area contributed by atoms with Gasteiger partial charge in [0.25, 0.3) is 0 Å². The average molecular weight is 444 g/mol. The van der Waals surface area contributed by atoms with E-state index < -0.39 is 37.5 Å². The van der Waals surface area contributed by atoms with E-state index in [0.29, 0.717) is 5.02 Å². The highest BCUT2D eigenvalue weighted by atomic mass is 35.5. The number of furan rings is 1.